The fraction of sp³-hybridized carbons (Fsp3) is 0.0625. The van der Waals surface area contributed by atoms with E-state index in [0.29, 0.717) is 6.07 Å². The van der Waals surface area contributed by atoms with Gasteiger partial charge in [-0.25, -0.2) is 8.78 Å². The predicted molar refractivity (Wildman–Crippen MR) is 92.0 cm³/mol. The van der Waals surface area contributed by atoms with Gasteiger partial charge in [0.1, 0.15) is 18.2 Å². The summed E-state index contributed by atoms with van der Waals surface area (Å²) in [5.74, 6) is -3.01. The molecular formula is C16H10F2N2O3S2. The third-order valence-electron chi connectivity index (χ3n) is 3.14. The van der Waals surface area contributed by atoms with E-state index < -0.39 is 35.2 Å². The third kappa shape index (κ3) is 4.12. The zero-order valence-corrected chi connectivity index (χ0v) is 14.1. The standard InChI is InChI=1S/C16H10F2N2O3S2/c17-9-4-10(18)6-11(5-9)19-14(21)8-20-15(22)13(25-16(20)23)7-12-2-1-3-24-12/h1-7H,8H2,(H,19,21)/b13-7-. The van der Waals surface area contributed by atoms with Crippen LogP contribution in [-0.2, 0) is 9.59 Å². The predicted octanol–water partition coefficient (Wildman–Crippen LogP) is 3.70. The van der Waals surface area contributed by atoms with Crippen LogP contribution < -0.4 is 5.32 Å². The van der Waals surface area contributed by atoms with Gasteiger partial charge in [-0.2, -0.15) is 0 Å². The topological polar surface area (TPSA) is 66.5 Å². The Balaban J connectivity index is 1.68. The number of imide groups is 1. The summed E-state index contributed by atoms with van der Waals surface area (Å²) < 4.78 is 26.2. The highest BCUT2D eigenvalue weighted by atomic mass is 32.2. The monoisotopic (exact) mass is 380 g/mol. The number of amides is 3. The van der Waals surface area contributed by atoms with Crippen LogP contribution in [0, 0.1) is 11.6 Å². The van der Waals surface area contributed by atoms with Gasteiger partial charge in [-0.05, 0) is 41.4 Å². The second-order valence-corrected chi connectivity index (χ2v) is 6.96. The first-order chi connectivity index (χ1) is 11.9. The number of carbonyl (C=O) groups is 3. The lowest BCUT2D eigenvalue weighted by Gasteiger charge is -2.12. The zero-order valence-electron chi connectivity index (χ0n) is 12.5. The Labute approximate surface area is 149 Å². The van der Waals surface area contributed by atoms with Crippen molar-refractivity contribution < 1.29 is 23.2 Å². The van der Waals surface area contributed by atoms with Crippen LogP contribution in [0.1, 0.15) is 4.88 Å². The summed E-state index contributed by atoms with van der Waals surface area (Å²) in [5, 5.41) is 3.52. The van der Waals surface area contributed by atoms with E-state index >= 15 is 0 Å². The molecule has 3 rings (SSSR count). The van der Waals surface area contributed by atoms with Crippen molar-refractivity contribution >= 4 is 51.9 Å². The Kier molecular flexibility index (Phi) is 4.95. The van der Waals surface area contributed by atoms with Gasteiger partial charge in [0.05, 0.1) is 4.91 Å². The summed E-state index contributed by atoms with van der Waals surface area (Å²) in [6.45, 7) is -0.537. The first-order valence-corrected chi connectivity index (χ1v) is 8.67. The molecule has 0 saturated carbocycles. The number of rotatable bonds is 4. The molecule has 1 aliphatic heterocycles. The SMILES string of the molecule is O=C(CN1C(=O)S/C(=C\c2cccs2)C1=O)Nc1cc(F)cc(F)c1. The van der Waals surface area contributed by atoms with Gasteiger partial charge in [-0.15, -0.1) is 11.3 Å². The van der Waals surface area contributed by atoms with E-state index in [2.05, 4.69) is 5.32 Å². The van der Waals surface area contributed by atoms with E-state index in [4.69, 9.17) is 0 Å². The maximum absolute atomic E-state index is 13.1. The molecule has 0 radical (unpaired) electrons. The van der Waals surface area contributed by atoms with Gasteiger partial charge in [0, 0.05) is 16.6 Å². The molecule has 2 aromatic rings. The molecule has 1 N–H and O–H groups in total. The molecule has 1 aromatic carbocycles. The normalized spacial score (nSPS) is 15.9. The summed E-state index contributed by atoms with van der Waals surface area (Å²) in [6.07, 6.45) is 1.58. The van der Waals surface area contributed by atoms with Crippen LogP contribution in [0.4, 0.5) is 19.3 Å². The molecule has 0 aliphatic carbocycles. The van der Waals surface area contributed by atoms with Crippen LogP contribution in [0.3, 0.4) is 0 Å². The third-order valence-corrected chi connectivity index (χ3v) is 4.86. The van der Waals surface area contributed by atoms with Crippen LogP contribution in [0.2, 0.25) is 0 Å². The van der Waals surface area contributed by atoms with Crippen LogP contribution in [0.15, 0.2) is 40.6 Å². The quantitative estimate of drug-likeness (QED) is 0.822. The summed E-state index contributed by atoms with van der Waals surface area (Å²) in [6, 6.07) is 6.15. The first-order valence-electron chi connectivity index (χ1n) is 6.97. The molecule has 1 fully saturated rings. The number of nitrogens with one attached hydrogen (secondary N) is 1. The van der Waals surface area contributed by atoms with Crippen molar-refractivity contribution in [3.05, 3.63) is 57.1 Å². The molecular weight excluding hydrogens is 370 g/mol. The lowest BCUT2D eigenvalue weighted by molar-refractivity contribution is -0.127. The van der Waals surface area contributed by atoms with E-state index in [9.17, 15) is 23.2 Å². The average molecular weight is 380 g/mol. The molecule has 1 saturated heterocycles. The molecule has 9 heteroatoms. The van der Waals surface area contributed by atoms with Crippen molar-refractivity contribution in [2.75, 3.05) is 11.9 Å². The van der Waals surface area contributed by atoms with E-state index in [1.807, 2.05) is 11.4 Å². The van der Waals surface area contributed by atoms with Crippen LogP contribution in [0.5, 0.6) is 0 Å². The lowest BCUT2D eigenvalue weighted by atomic mass is 10.3. The van der Waals surface area contributed by atoms with E-state index in [-0.39, 0.29) is 10.6 Å². The minimum atomic E-state index is -0.847. The molecule has 5 nitrogen and oxygen atoms in total. The number of carbonyl (C=O) groups excluding carboxylic acids is 3. The van der Waals surface area contributed by atoms with Gasteiger partial charge >= 0.3 is 0 Å². The summed E-state index contributed by atoms with van der Waals surface area (Å²) in [4.78, 5) is 38.0. The number of hydrogen-bond acceptors (Lipinski definition) is 5. The number of thioether (sulfide) groups is 1. The fourth-order valence-electron chi connectivity index (χ4n) is 2.11. The maximum atomic E-state index is 13.1. The van der Waals surface area contributed by atoms with E-state index in [1.54, 1.807) is 12.1 Å². The molecule has 3 amide bonds. The Hall–Kier alpha value is -2.52. The molecule has 2 heterocycles. The molecule has 0 bridgehead atoms. The van der Waals surface area contributed by atoms with Crippen molar-refractivity contribution in [3.63, 3.8) is 0 Å². The highest BCUT2D eigenvalue weighted by molar-refractivity contribution is 8.18. The molecule has 1 aliphatic rings. The largest absolute Gasteiger partial charge is 0.324 e. The molecule has 25 heavy (non-hydrogen) atoms. The van der Waals surface area contributed by atoms with Crippen molar-refractivity contribution in [2.45, 2.75) is 0 Å². The van der Waals surface area contributed by atoms with Gasteiger partial charge in [0.2, 0.25) is 5.91 Å². The summed E-state index contributed by atoms with van der Waals surface area (Å²) in [5.41, 5.74) is -0.0939. The van der Waals surface area contributed by atoms with Gasteiger partial charge in [-0.3, -0.25) is 19.3 Å². The number of halogens is 2. The Morgan fingerprint density at radius 2 is 1.92 bits per heavy atom. The van der Waals surface area contributed by atoms with Crippen molar-refractivity contribution in [1.82, 2.24) is 4.90 Å². The molecule has 0 spiro atoms. The van der Waals surface area contributed by atoms with Crippen molar-refractivity contribution in [3.8, 4) is 0 Å². The van der Waals surface area contributed by atoms with E-state index in [1.165, 1.54) is 11.3 Å². The van der Waals surface area contributed by atoms with Crippen molar-refractivity contribution in [2.24, 2.45) is 0 Å². The average Bonchev–Trinajstić information content (AvgIpc) is 3.11. The number of benzene rings is 1. The number of hydrogen-bond donors (Lipinski definition) is 1. The smallest absolute Gasteiger partial charge is 0.294 e. The van der Waals surface area contributed by atoms with Gasteiger partial charge in [-0.1, -0.05) is 6.07 Å². The molecule has 0 unspecified atom stereocenters. The Bertz CT molecular complexity index is 861. The van der Waals surface area contributed by atoms with E-state index in [0.717, 1.165) is 33.7 Å². The summed E-state index contributed by atoms with van der Waals surface area (Å²) in [7, 11) is 0. The lowest BCUT2D eigenvalue weighted by Crippen LogP contribution is -2.36. The van der Waals surface area contributed by atoms with Gasteiger partial charge in [0.15, 0.2) is 0 Å². The molecule has 1 aromatic heterocycles. The summed E-state index contributed by atoms with van der Waals surface area (Å²) >= 11 is 2.15. The van der Waals surface area contributed by atoms with Crippen LogP contribution in [0.25, 0.3) is 6.08 Å². The van der Waals surface area contributed by atoms with Crippen LogP contribution >= 0.6 is 23.1 Å². The first kappa shape index (κ1) is 17.3. The second-order valence-electron chi connectivity index (χ2n) is 4.99. The van der Waals surface area contributed by atoms with Crippen molar-refractivity contribution in [1.29, 1.82) is 0 Å². The minimum Gasteiger partial charge on any atom is -0.324 e. The highest BCUT2D eigenvalue weighted by Gasteiger charge is 2.36. The van der Waals surface area contributed by atoms with Gasteiger partial charge in [0.25, 0.3) is 11.1 Å². The number of thiophene rings is 1. The maximum Gasteiger partial charge on any atom is 0.294 e. The zero-order chi connectivity index (χ0) is 18.0. The fourth-order valence-corrected chi connectivity index (χ4v) is 3.67. The highest BCUT2D eigenvalue weighted by Crippen LogP contribution is 2.32. The minimum absolute atomic E-state index is 0.0939. The number of anilines is 1. The Morgan fingerprint density at radius 3 is 2.56 bits per heavy atom. The number of nitrogens with zero attached hydrogens (tertiary/aromatic N) is 1. The molecule has 0 atom stereocenters. The Morgan fingerprint density at radius 1 is 1.20 bits per heavy atom. The van der Waals surface area contributed by atoms with Crippen LogP contribution in [-0.4, -0.2) is 28.5 Å². The van der Waals surface area contributed by atoms with Gasteiger partial charge < -0.3 is 5.32 Å². The molecule has 128 valence electrons. The second kappa shape index (κ2) is 7.16.